The van der Waals surface area contributed by atoms with Gasteiger partial charge in [-0.05, 0) is 49.1 Å². The molecule has 0 radical (unpaired) electrons. The quantitative estimate of drug-likeness (QED) is 0.847. The van der Waals surface area contributed by atoms with Crippen LogP contribution in [-0.2, 0) is 23.0 Å². The third kappa shape index (κ3) is 3.97. The Kier molecular flexibility index (Phi) is 5.44. The lowest BCUT2D eigenvalue weighted by Gasteiger charge is -2.23. The SMILES string of the molecule is CCCS(=O)(=O)NCc1ccc2c(c1)N(C(=O)c1ccccc1)C(C)C2. The Bertz CT molecular complexity index is 895. The number of benzene rings is 2. The normalized spacial score (nSPS) is 16.5. The second kappa shape index (κ2) is 7.60. The standard InChI is InChI=1S/C20H24N2O3S/c1-3-11-26(24,25)21-14-16-9-10-18-12-15(2)22(19(18)13-16)20(23)17-7-5-4-6-8-17/h4-10,13,15,21H,3,11-12,14H2,1-2H3. The van der Waals surface area contributed by atoms with E-state index in [0.29, 0.717) is 12.0 Å². The summed E-state index contributed by atoms with van der Waals surface area (Å²) in [7, 11) is -3.26. The summed E-state index contributed by atoms with van der Waals surface area (Å²) in [5, 5.41) is 0. The van der Waals surface area contributed by atoms with E-state index < -0.39 is 10.0 Å². The molecule has 0 aromatic heterocycles. The molecule has 138 valence electrons. The van der Waals surface area contributed by atoms with Gasteiger partial charge in [0.15, 0.2) is 0 Å². The van der Waals surface area contributed by atoms with E-state index in [9.17, 15) is 13.2 Å². The number of sulfonamides is 1. The van der Waals surface area contributed by atoms with Crippen LogP contribution in [0.2, 0.25) is 0 Å². The van der Waals surface area contributed by atoms with Crippen LogP contribution in [0.3, 0.4) is 0 Å². The smallest absolute Gasteiger partial charge is 0.258 e. The molecule has 0 bridgehead atoms. The van der Waals surface area contributed by atoms with Gasteiger partial charge in [0.05, 0.1) is 5.75 Å². The van der Waals surface area contributed by atoms with Crippen LogP contribution in [0.4, 0.5) is 5.69 Å². The molecule has 1 aliphatic rings. The van der Waals surface area contributed by atoms with E-state index in [1.165, 1.54) is 0 Å². The Balaban J connectivity index is 1.84. The highest BCUT2D eigenvalue weighted by Crippen LogP contribution is 2.34. The van der Waals surface area contributed by atoms with Gasteiger partial charge in [0.2, 0.25) is 10.0 Å². The third-order valence-electron chi connectivity index (χ3n) is 4.57. The van der Waals surface area contributed by atoms with Crippen molar-refractivity contribution in [1.29, 1.82) is 0 Å². The van der Waals surface area contributed by atoms with Crippen molar-refractivity contribution in [3.63, 3.8) is 0 Å². The van der Waals surface area contributed by atoms with E-state index in [1.807, 2.05) is 67.3 Å². The van der Waals surface area contributed by atoms with Crippen molar-refractivity contribution in [3.05, 3.63) is 65.2 Å². The minimum atomic E-state index is -3.26. The molecule has 2 aromatic carbocycles. The van der Waals surface area contributed by atoms with E-state index in [0.717, 1.165) is 23.2 Å². The summed E-state index contributed by atoms with van der Waals surface area (Å²) < 4.78 is 26.4. The van der Waals surface area contributed by atoms with E-state index in [2.05, 4.69) is 4.72 Å². The molecule has 1 amide bonds. The molecule has 3 rings (SSSR count). The van der Waals surface area contributed by atoms with Gasteiger partial charge in [0.1, 0.15) is 0 Å². The van der Waals surface area contributed by atoms with Crippen molar-refractivity contribution in [2.24, 2.45) is 0 Å². The average Bonchev–Trinajstić information content (AvgIpc) is 2.95. The lowest BCUT2D eigenvalue weighted by Crippen LogP contribution is -2.35. The molecule has 26 heavy (non-hydrogen) atoms. The summed E-state index contributed by atoms with van der Waals surface area (Å²) in [4.78, 5) is 14.8. The highest BCUT2D eigenvalue weighted by atomic mass is 32.2. The molecule has 0 saturated carbocycles. The molecule has 1 aliphatic heterocycles. The number of fused-ring (bicyclic) bond motifs is 1. The maximum absolute atomic E-state index is 12.9. The minimum absolute atomic E-state index is 0.0273. The van der Waals surface area contributed by atoms with E-state index in [1.54, 1.807) is 0 Å². The van der Waals surface area contributed by atoms with Crippen LogP contribution in [0.25, 0.3) is 0 Å². The Hall–Kier alpha value is -2.18. The number of nitrogens with one attached hydrogen (secondary N) is 1. The molecule has 0 saturated heterocycles. The van der Waals surface area contributed by atoms with E-state index >= 15 is 0 Å². The van der Waals surface area contributed by atoms with Gasteiger partial charge < -0.3 is 4.90 Å². The topological polar surface area (TPSA) is 66.5 Å². The van der Waals surface area contributed by atoms with Crippen LogP contribution in [0, 0.1) is 0 Å². The number of hydrogen-bond acceptors (Lipinski definition) is 3. The zero-order valence-electron chi connectivity index (χ0n) is 15.1. The van der Waals surface area contributed by atoms with Crippen LogP contribution >= 0.6 is 0 Å². The molecule has 6 heteroatoms. The van der Waals surface area contributed by atoms with Gasteiger partial charge in [0, 0.05) is 23.8 Å². The summed E-state index contributed by atoms with van der Waals surface area (Å²) in [5.41, 5.74) is 3.49. The summed E-state index contributed by atoms with van der Waals surface area (Å²) in [6, 6.07) is 15.1. The van der Waals surface area contributed by atoms with Crippen LogP contribution < -0.4 is 9.62 Å². The fraction of sp³-hybridized carbons (Fsp3) is 0.350. The lowest BCUT2D eigenvalue weighted by atomic mass is 10.1. The number of anilines is 1. The van der Waals surface area contributed by atoms with Crippen LogP contribution in [0.1, 0.15) is 41.8 Å². The molecule has 1 atom stereocenters. The van der Waals surface area contributed by atoms with Gasteiger partial charge in [-0.1, -0.05) is 37.3 Å². The van der Waals surface area contributed by atoms with Gasteiger partial charge in [-0.25, -0.2) is 13.1 Å². The van der Waals surface area contributed by atoms with Crippen molar-refractivity contribution >= 4 is 21.6 Å². The van der Waals surface area contributed by atoms with Gasteiger partial charge in [-0.3, -0.25) is 4.79 Å². The average molecular weight is 372 g/mol. The van der Waals surface area contributed by atoms with E-state index in [-0.39, 0.29) is 24.2 Å². The maximum Gasteiger partial charge on any atom is 0.258 e. The van der Waals surface area contributed by atoms with Crippen LogP contribution in [0.5, 0.6) is 0 Å². The Labute approximate surface area is 155 Å². The molecular weight excluding hydrogens is 348 g/mol. The zero-order chi connectivity index (χ0) is 18.7. The van der Waals surface area contributed by atoms with Crippen molar-refractivity contribution in [3.8, 4) is 0 Å². The molecule has 5 nitrogen and oxygen atoms in total. The first-order chi connectivity index (χ1) is 12.4. The molecule has 1 N–H and O–H groups in total. The fourth-order valence-corrected chi connectivity index (χ4v) is 4.40. The van der Waals surface area contributed by atoms with Crippen molar-refractivity contribution in [2.45, 2.75) is 39.3 Å². The van der Waals surface area contributed by atoms with Gasteiger partial charge in [-0.2, -0.15) is 0 Å². The molecule has 1 heterocycles. The monoisotopic (exact) mass is 372 g/mol. The summed E-state index contributed by atoms with van der Waals surface area (Å²) in [5.74, 6) is 0.0914. The first-order valence-electron chi connectivity index (χ1n) is 8.89. The third-order valence-corrected chi connectivity index (χ3v) is 6.10. The predicted molar refractivity (Wildman–Crippen MR) is 104 cm³/mol. The summed E-state index contributed by atoms with van der Waals surface area (Å²) in [6.45, 7) is 4.10. The van der Waals surface area contributed by atoms with Crippen LogP contribution in [-0.4, -0.2) is 26.1 Å². The van der Waals surface area contributed by atoms with Crippen molar-refractivity contribution in [2.75, 3.05) is 10.7 Å². The van der Waals surface area contributed by atoms with Crippen molar-refractivity contribution in [1.82, 2.24) is 4.72 Å². The van der Waals surface area contributed by atoms with Gasteiger partial charge in [0.25, 0.3) is 5.91 Å². The second-order valence-electron chi connectivity index (χ2n) is 6.70. The lowest BCUT2D eigenvalue weighted by molar-refractivity contribution is 0.0981. The predicted octanol–water partition coefficient (Wildman–Crippen LogP) is 3.11. The fourth-order valence-electron chi connectivity index (χ4n) is 3.33. The minimum Gasteiger partial charge on any atom is -0.305 e. The van der Waals surface area contributed by atoms with Gasteiger partial charge >= 0.3 is 0 Å². The maximum atomic E-state index is 12.9. The van der Waals surface area contributed by atoms with Crippen molar-refractivity contribution < 1.29 is 13.2 Å². The Morgan fingerprint density at radius 3 is 2.62 bits per heavy atom. The molecular formula is C20H24N2O3S. The summed E-state index contributed by atoms with van der Waals surface area (Å²) in [6.07, 6.45) is 1.38. The highest BCUT2D eigenvalue weighted by molar-refractivity contribution is 7.89. The largest absolute Gasteiger partial charge is 0.305 e. The Morgan fingerprint density at radius 1 is 1.19 bits per heavy atom. The number of nitrogens with zero attached hydrogens (tertiary/aromatic N) is 1. The van der Waals surface area contributed by atoms with E-state index in [4.69, 9.17) is 0 Å². The number of rotatable bonds is 6. The first-order valence-corrected chi connectivity index (χ1v) is 10.5. The molecule has 0 spiro atoms. The number of carbonyl (C=O) groups excluding carboxylic acids is 1. The first kappa shape index (κ1) is 18.6. The Morgan fingerprint density at radius 2 is 1.92 bits per heavy atom. The number of amides is 1. The highest BCUT2D eigenvalue weighted by Gasteiger charge is 2.31. The zero-order valence-corrected chi connectivity index (χ0v) is 15.9. The molecule has 1 unspecified atom stereocenters. The number of hydrogen-bond donors (Lipinski definition) is 1. The van der Waals surface area contributed by atoms with Crippen LogP contribution in [0.15, 0.2) is 48.5 Å². The molecule has 2 aromatic rings. The summed E-state index contributed by atoms with van der Waals surface area (Å²) >= 11 is 0. The molecule has 0 fully saturated rings. The van der Waals surface area contributed by atoms with Gasteiger partial charge in [-0.15, -0.1) is 0 Å². The second-order valence-corrected chi connectivity index (χ2v) is 8.62. The molecule has 0 aliphatic carbocycles. The number of carbonyl (C=O) groups is 1.